The van der Waals surface area contributed by atoms with Crippen molar-refractivity contribution >= 4 is 23.5 Å². The first-order valence-corrected chi connectivity index (χ1v) is 10.6. The zero-order valence-corrected chi connectivity index (χ0v) is 17.3. The molecule has 4 nitrogen and oxygen atoms in total. The number of benzene rings is 2. The Labute approximate surface area is 171 Å². The highest BCUT2D eigenvalue weighted by Crippen LogP contribution is 2.34. The summed E-state index contributed by atoms with van der Waals surface area (Å²) in [4.78, 5) is 0. The van der Waals surface area contributed by atoms with Gasteiger partial charge in [-0.3, -0.25) is 0 Å². The van der Waals surface area contributed by atoms with Gasteiger partial charge in [-0.15, -0.1) is 5.10 Å². The number of thioether (sulfide) groups is 1. The maximum Gasteiger partial charge on any atom is 0.126 e. The van der Waals surface area contributed by atoms with Gasteiger partial charge in [0.05, 0.1) is 11.6 Å². The molecule has 3 rings (SSSR count). The van der Waals surface area contributed by atoms with Crippen LogP contribution in [-0.4, -0.2) is 11.8 Å². The minimum atomic E-state index is 0.148. The Morgan fingerprint density at radius 2 is 2.14 bits per heavy atom. The van der Waals surface area contributed by atoms with Crippen LogP contribution < -0.4 is 5.73 Å². The van der Waals surface area contributed by atoms with E-state index in [1.54, 1.807) is 11.8 Å². The quantitative estimate of drug-likeness (QED) is 0.428. The Morgan fingerprint density at radius 1 is 1.32 bits per heavy atom. The highest BCUT2D eigenvalue weighted by Gasteiger charge is 2.21. The Hall–Kier alpha value is -2.42. The van der Waals surface area contributed by atoms with Gasteiger partial charge in [-0.25, -0.2) is 0 Å². The lowest BCUT2D eigenvalue weighted by atomic mass is 9.97. The van der Waals surface area contributed by atoms with Crippen molar-refractivity contribution < 1.29 is 0 Å². The Balaban J connectivity index is 1.83. The molecule has 0 aliphatic heterocycles. The summed E-state index contributed by atoms with van der Waals surface area (Å²) in [7, 11) is 0. The average Bonchev–Trinajstić information content (AvgIpc) is 3.07. The van der Waals surface area contributed by atoms with Gasteiger partial charge in [-0.1, -0.05) is 55.9 Å². The third-order valence-corrected chi connectivity index (χ3v) is 6.09. The van der Waals surface area contributed by atoms with E-state index in [2.05, 4.69) is 55.0 Å². The van der Waals surface area contributed by atoms with Gasteiger partial charge in [0, 0.05) is 24.1 Å². The van der Waals surface area contributed by atoms with Crippen LogP contribution in [0.5, 0.6) is 0 Å². The molecule has 0 aromatic heterocycles. The molecule has 0 saturated carbocycles. The van der Waals surface area contributed by atoms with Gasteiger partial charge in [-0.05, 0) is 53.5 Å². The molecule has 0 fully saturated rings. The first kappa shape index (κ1) is 20.3. The lowest BCUT2D eigenvalue weighted by Crippen LogP contribution is -2.05. The van der Waals surface area contributed by atoms with Crippen LogP contribution >= 0.6 is 11.8 Å². The van der Waals surface area contributed by atoms with E-state index < -0.39 is 0 Å². The van der Waals surface area contributed by atoms with Crippen LogP contribution in [0.2, 0.25) is 0 Å². The van der Waals surface area contributed by atoms with Crippen LogP contribution in [0, 0.1) is 17.2 Å². The van der Waals surface area contributed by atoms with Crippen molar-refractivity contribution in [1.82, 2.24) is 0 Å². The van der Waals surface area contributed by atoms with E-state index in [-0.39, 0.29) is 6.04 Å². The summed E-state index contributed by atoms with van der Waals surface area (Å²) in [5.74, 6) is 1.29. The van der Waals surface area contributed by atoms with Crippen molar-refractivity contribution in [3.05, 3.63) is 69.8 Å². The Morgan fingerprint density at radius 3 is 2.86 bits per heavy atom. The predicted molar refractivity (Wildman–Crippen MR) is 119 cm³/mol. The van der Waals surface area contributed by atoms with Gasteiger partial charge < -0.3 is 5.73 Å². The maximum atomic E-state index is 9.56. The van der Waals surface area contributed by atoms with Crippen LogP contribution in [0.4, 0.5) is 0 Å². The molecule has 0 heterocycles. The predicted octanol–water partition coefficient (Wildman–Crippen LogP) is 5.00. The molecule has 2 aromatic carbocycles. The maximum absolute atomic E-state index is 9.56. The van der Waals surface area contributed by atoms with E-state index in [1.165, 1.54) is 16.7 Å². The van der Waals surface area contributed by atoms with Crippen molar-refractivity contribution in [2.45, 2.75) is 44.9 Å². The molecule has 0 amide bonds. The first-order chi connectivity index (χ1) is 13.5. The van der Waals surface area contributed by atoms with E-state index in [0.29, 0.717) is 11.5 Å². The fraction of sp³-hybridized carbons (Fsp3) is 0.348. The molecule has 5 heteroatoms. The van der Waals surface area contributed by atoms with Crippen LogP contribution in [0.25, 0.3) is 0 Å². The first-order valence-electron chi connectivity index (χ1n) is 9.59. The lowest BCUT2D eigenvalue weighted by molar-refractivity contribution is 0.646. The molecule has 2 N–H and O–H groups in total. The molecule has 28 heavy (non-hydrogen) atoms. The second-order valence-corrected chi connectivity index (χ2v) is 8.51. The molecule has 1 unspecified atom stereocenters. The third-order valence-electron chi connectivity index (χ3n) is 5.05. The molecule has 1 aliphatic carbocycles. The second kappa shape index (κ2) is 9.18. The number of hydrogen-bond acceptors (Lipinski definition) is 5. The van der Waals surface area contributed by atoms with Crippen molar-refractivity contribution in [3.8, 4) is 6.07 Å². The summed E-state index contributed by atoms with van der Waals surface area (Å²) >= 11 is 1.62. The molecule has 1 atom stereocenters. The molecule has 0 bridgehead atoms. The number of fused-ring (bicyclic) bond motifs is 1. The smallest absolute Gasteiger partial charge is 0.126 e. The summed E-state index contributed by atoms with van der Waals surface area (Å²) < 4.78 is 0. The third kappa shape index (κ3) is 4.52. The van der Waals surface area contributed by atoms with Crippen LogP contribution in [0.15, 0.2) is 46.6 Å². The minimum absolute atomic E-state index is 0.148. The molecular formula is C23H26N4S. The van der Waals surface area contributed by atoms with E-state index in [1.807, 2.05) is 18.2 Å². The van der Waals surface area contributed by atoms with E-state index in [0.717, 1.165) is 41.2 Å². The molecular weight excluding hydrogens is 364 g/mol. The summed E-state index contributed by atoms with van der Waals surface area (Å²) in [5.41, 5.74) is 12.8. The van der Waals surface area contributed by atoms with Gasteiger partial charge in [0.25, 0.3) is 0 Å². The highest BCUT2D eigenvalue weighted by atomic mass is 32.2. The minimum Gasteiger partial charge on any atom is -0.324 e. The highest BCUT2D eigenvalue weighted by molar-refractivity contribution is 8.13. The summed E-state index contributed by atoms with van der Waals surface area (Å²) in [6.07, 6.45) is 2.93. The average molecular weight is 391 g/mol. The number of hydrogen-bond donors (Lipinski definition) is 1. The van der Waals surface area contributed by atoms with Crippen LogP contribution in [0.1, 0.15) is 59.7 Å². The largest absolute Gasteiger partial charge is 0.324 e. The van der Waals surface area contributed by atoms with Crippen LogP contribution in [-0.2, 0) is 18.6 Å². The fourth-order valence-corrected chi connectivity index (χ4v) is 4.68. The van der Waals surface area contributed by atoms with Gasteiger partial charge in [0.15, 0.2) is 0 Å². The second-order valence-electron chi connectivity index (χ2n) is 7.55. The summed E-state index contributed by atoms with van der Waals surface area (Å²) in [6.45, 7) is 7.83. The normalized spacial score (nSPS) is 16.1. The molecule has 0 spiro atoms. The lowest BCUT2D eigenvalue weighted by Gasteiger charge is -2.12. The fourth-order valence-electron chi connectivity index (χ4n) is 3.71. The van der Waals surface area contributed by atoms with Gasteiger partial charge in [0.2, 0.25) is 0 Å². The summed E-state index contributed by atoms with van der Waals surface area (Å²) in [6, 6.07) is 14.8. The monoisotopic (exact) mass is 390 g/mol. The number of rotatable bonds is 6. The van der Waals surface area contributed by atoms with E-state index >= 15 is 0 Å². The molecule has 0 radical (unpaired) electrons. The zero-order valence-electron chi connectivity index (χ0n) is 16.5. The Bertz CT molecular complexity index is 940. The topological polar surface area (TPSA) is 74.5 Å². The van der Waals surface area contributed by atoms with Crippen molar-refractivity contribution in [2.75, 3.05) is 0 Å². The SMILES string of the molecule is C=N/N=C(\SCc1cccc2c1CCC2N)c1ccc(CC(C)C)c(C#N)c1. The van der Waals surface area contributed by atoms with Crippen molar-refractivity contribution in [3.63, 3.8) is 0 Å². The number of nitrogens with zero attached hydrogens (tertiary/aromatic N) is 3. The van der Waals surface area contributed by atoms with Crippen molar-refractivity contribution in [2.24, 2.45) is 21.9 Å². The van der Waals surface area contributed by atoms with Gasteiger partial charge in [-0.2, -0.15) is 10.4 Å². The van der Waals surface area contributed by atoms with Crippen LogP contribution in [0.3, 0.4) is 0 Å². The van der Waals surface area contributed by atoms with E-state index in [9.17, 15) is 5.26 Å². The number of nitriles is 1. The molecule has 2 aromatic rings. The molecule has 1 aliphatic rings. The Kier molecular flexibility index (Phi) is 6.66. The van der Waals surface area contributed by atoms with E-state index in [4.69, 9.17) is 5.73 Å². The van der Waals surface area contributed by atoms with Gasteiger partial charge >= 0.3 is 0 Å². The standard InChI is InChI=1S/C23H26N4S/c1-15(2)11-16-7-8-17(12-19(16)13-24)23(27-26-3)28-14-18-5-4-6-21-20(18)9-10-22(21)25/h4-8,12,15,22H,3,9-11,14,25H2,1-2H3/b27-23-. The zero-order chi connectivity index (χ0) is 20.1. The van der Waals surface area contributed by atoms with Crippen molar-refractivity contribution in [1.29, 1.82) is 5.26 Å². The van der Waals surface area contributed by atoms with Gasteiger partial charge in [0.1, 0.15) is 5.04 Å². The molecule has 0 saturated heterocycles. The molecule has 144 valence electrons. The summed E-state index contributed by atoms with van der Waals surface area (Å²) in [5, 5.41) is 18.3. The number of nitrogens with two attached hydrogens (primary N) is 1.